The van der Waals surface area contributed by atoms with Crippen LogP contribution in [0, 0.1) is 0 Å². The normalized spacial score (nSPS) is 31.0. The number of nitrogens with zero attached hydrogens (tertiary/aromatic N) is 1. The summed E-state index contributed by atoms with van der Waals surface area (Å²) in [5, 5.41) is 0. The molecule has 0 bridgehead atoms. The second-order valence-electron chi connectivity index (χ2n) is 4.74. The SMILES string of the molecule is CC[C@H]1CCC[N+]1(C)CCOCCOC. The molecule has 0 saturated carbocycles. The highest BCUT2D eigenvalue weighted by Gasteiger charge is 2.35. The molecule has 1 unspecified atom stereocenters. The zero-order chi connectivity index (χ0) is 11.1. The minimum atomic E-state index is 0.709. The highest BCUT2D eigenvalue weighted by atomic mass is 16.5. The topological polar surface area (TPSA) is 18.5 Å². The van der Waals surface area contributed by atoms with Gasteiger partial charge in [-0.15, -0.1) is 0 Å². The third-order valence-corrected chi connectivity index (χ3v) is 3.74. The fraction of sp³-hybridized carbons (Fsp3) is 1.00. The molecule has 0 aliphatic carbocycles. The van der Waals surface area contributed by atoms with Crippen LogP contribution in [0.15, 0.2) is 0 Å². The summed E-state index contributed by atoms with van der Waals surface area (Å²) in [5.74, 6) is 0. The molecule has 0 radical (unpaired) electrons. The van der Waals surface area contributed by atoms with Gasteiger partial charge in [0, 0.05) is 20.0 Å². The number of likely N-dealkylation sites (N-methyl/N-ethyl adjacent to an activating group) is 1. The Kier molecular flexibility index (Phi) is 5.58. The molecule has 1 fully saturated rings. The van der Waals surface area contributed by atoms with E-state index in [0.29, 0.717) is 6.61 Å². The number of hydrogen-bond acceptors (Lipinski definition) is 2. The zero-order valence-corrected chi connectivity index (χ0v) is 10.5. The first-order chi connectivity index (χ1) is 7.23. The monoisotopic (exact) mass is 216 g/mol. The van der Waals surface area contributed by atoms with Crippen molar-refractivity contribution >= 4 is 0 Å². The van der Waals surface area contributed by atoms with Gasteiger partial charge in [-0.25, -0.2) is 0 Å². The Hall–Kier alpha value is -0.120. The summed E-state index contributed by atoms with van der Waals surface area (Å²) in [5.41, 5.74) is 0. The van der Waals surface area contributed by atoms with Crippen molar-refractivity contribution in [1.82, 2.24) is 0 Å². The third kappa shape index (κ3) is 3.74. The van der Waals surface area contributed by atoms with Crippen LogP contribution in [0.2, 0.25) is 0 Å². The molecule has 2 atom stereocenters. The average molecular weight is 216 g/mol. The average Bonchev–Trinajstić information content (AvgIpc) is 2.60. The number of rotatable bonds is 7. The van der Waals surface area contributed by atoms with Gasteiger partial charge in [-0.1, -0.05) is 6.92 Å². The predicted molar refractivity (Wildman–Crippen MR) is 61.9 cm³/mol. The van der Waals surface area contributed by atoms with E-state index in [1.807, 2.05) is 0 Å². The Morgan fingerprint density at radius 1 is 1.27 bits per heavy atom. The molecule has 0 aromatic carbocycles. The van der Waals surface area contributed by atoms with Gasteiger partial charge in [0.05, 0.1) is 39.5 Å². The van der Waals surface area contributed by atoms with Crippen LogP contribution < -0.4 is 0 Å². The first-order valence-electron chi connectivity index (χ1n) is 6.14. The molecule has 1 rings (SSSR count). The van der Waals surface area contributed by atoms with E-state index in [4.69, 9.17) is 9.47 Å². The summed E-state index contributed by atoms with van der Waals surface area (Å²) in [6, 6.07) is 0.857. The fourth-order valence-electron chi connectivity index (χ4n) is 2.64. The van der Waals surface area contributed by atoms with Crippen LogP contribution in [0.5, 0.6) is 0 Å². The van der Waals surface area contributed by atoms with Crippen molar-refractivity contribution in [1.29, 1.82) is 0 Å². The van der Waals surface area contributed by atoms with Gasteiger partial charge >= 0.3 is 0 Å². The molecule has 0 amide bonds. The van der Waals surface area contributed by atoms with Gasteiger partial charge in [-0.2, -0.15) is 0 Å². The number of quaternary nitrogens is 1. The van der Waals surface area contributed by atoms with E-state index in [1.54, 1.807) is 7.11 Å². The number of hydrogen-bond donors (Lipinski definition) is 0. The van der Waals surface area contributed by atoms with Crippen LogP contribution in [0.3, 0.4) is 0 Å². The summed E-state index contributed by atoms with van der Waals surface area (Å²) in [7, 11) is 4.09. The fourth-order valence-corrected chi connectivity index (χ4v) is 2.64. The maximum absolute atomic E-state index is 5.55. The van der Waals surface area contributed by atoms with E-state index >= 15 is 0 Å². The van der Waals surface area contributed by atoms with Gasteiger partial charge in [0.1, 0.15) is 6.54 Å². The van der Waals surface area contributed by atoms with Crippen LogP contribution in [0.4, 0.5) is 0 Å². The molecule has 0 aromatic heterocycles. The van der Waals surface area contributed by atoms with Crippen molar-refractivity contribution in [3.8, 4) is 0 Å². The second kappa shape index (κ2) is 6.46. The van der Waals surface area contributed by atoms with Crippen molar-refractivity contribution in [2.24, 2.45) is 0 Å². The smallest absolute Gasteiger partial charge is 0.102 e. The number of likely N-dealkylation sites (tertiary alicyclic amines) is 1. The Morgan fingerprint density at radius 3 is 2.73 bits per heavy atom. The van der Waals surface area contributed by atoms with Gasteiger partial charge in [-0.3, -0.25) is 0 Å². The Labute approximate surface area is 93.9 Å². The Balaban J connectivity index is 2.18. The molecule has 0 spiro atoms. The summed E-state index contributed by atoms with van der Waals surface area (Å²) < 4.78 is 11.7. The highest BCUT2D eigenvalue weighted by Crippen LogP contribution is 2.26. The molecule has 3 heteroatoms. The third-order valence-electron chi connectivity index (χ3n) is 3.74. The van der Waals surface area contributed by atoms with Gasteiger partial charge in [0.2, 0.25) is 0 Å². The number of methoxy groups -OCH3 is 1. The summed E-state index contributed by atoms with van der Waals surface area (Å²) in [6.07, 6.45) is 4.08. The summed E-state index contributed by atoms with van der Waals surface area (Å²) in [4.78, 5) is 0. The van der Waals surface area contributed by atoms with E-state index in [9.17, 15) is 0 Å². The van der Waals surface area contributed by atoms with Crippen molar-refractivity contribution in [2.45, 2.75) is 32.2 Å². The first-order valence-corrected chi connectivity index (χ1v) is 6.14. The van der Waals surface area contributed by atoms with Crippen LogP contribution in [0.1, 0.15) is 26.2 Å². The molecule has 1 heterocycles. The van der Waals surface area contributed by atoms with Crippen LogP contribution in [-0.2, 0) is 9.47 Å². The van der Waals surface area contributed by atoms with E-state index in [2.05, 4.69) is 14.0 Å². The molecule has 1 aliphatic heterocycles. The minimum absolute atomic E-state index is 0.709. The predicted octanol–water partition coefficient (Wildman–Crippen LogP) is 1.67. The summed E-state index contributed by atoms with van der Waals surface area (Å²) in [6.45, 7) is 7.09. The van der Waals surface area contributed by atoms with E-state index in [-0.39, 0.29) is 0 Å². The largest absolute Gasteiger partial charge is 0.382 e. The van der Waals surface area contributed by atoms with Gasteiger partial charge in [-0.05, 0) is 6.42 Å². The van der Waals surface area contributed by atoms with Crippen LogP contribution in [0.25, 0.3) is 0 Å². The molecule has 15 heavy (non-hydrogen) atoms. The van der Waals surface area contributed by atoms with Crippen LogP contribution in [-0.4, -0.2) is 57.6 Å². The molecule has 1 saturated heterocycles. The molecule has 90 valence electrons. The van der Waals surface area contributed by atoms with Crippen LogP contribution >= 0.6 is 0 Å². The lowest BCUT2D eigenvalue weighted by molar-refractivity contribution is -0.921. The molecule has 1 aliphatic rings. The van der Waals surface area contributed by atoms with Crippen molar-refractivity contribution in [3.05, 3.63) is 0 Å². The highest BCUT2D eigenvalue weighted by molar-refractivity contribution is 4.65. The summed E-state index contributed by atoms with van der Waals surface area (Å²) >= 11 is 0. The van der Waals surface area contributed by atoms with E-state index in [1.165, 1.54) is 30.3 Å². The quantitative estimate of drug-likeness (QED) is 0.476. The first kappa shape index (κ1) is 12.9. The lowest BCUT2D eigenvalue weighted by Gasteiger charge is -2.35. The van der Waals surface area contributed by atoms with Gasteiger partial charge in [0.25, 0.3) is 0 Å². The Morgan fingerprint density at radius 2 is 2.07 bits per heavy atom. The maximum Gasteiger partial charge on any atom is 0.102 e. The standard InChI is InChI=1S/C12H26NO2/c1-4-12-6-5-7-13(12,2)8-9-15-11-10-14-3/h12H,4-11H2,1-3H3/q+1/t12-,13?/m0/s1. The molecule has 0 aromatic rings. The minimum Gasteiger partial charge on any atom is -0.382 e. The van der Waals surface area contributed by atoms with Crippen molar-refractivity contribution in [3.63, 3.8) is 0 Å². The van der Waals surface area contributed by atoms with Gasteiger partial charge < -0.3 is 14.0 Å². The molecular weight excluding hydrogens is 190 g/mol. The molecular formula is C12H26NO2+. The van der Waals surface area contributed by atoms with E-state index < -0.39 is 0 Å². The van der Waals surface area contributed by atoms with Gasteiger partial charge in [0.15, 0.2) is 0 Å². The van der Waals surface area contributed by atoms with Crippen molar-refractivity contribution < 1.29 is 14.0 Å². The molecule has 3 nitrogen and oxygen atoms in total. The second-order valence-corrected chi connectivity index (χ2v) is 4.74. The van der Waals surface area contributed by atoms with E-state index in [0.717, 1.165) is 25.8 Å². The number of ether oxygens (including phenoxy) is 2. The molecule has 0 N–H and O–H groups in total. The maximum atomic E-state index is 5.55. The Bertz CT molecular complexity index is 175. The van der Waals surface area contributed by atoms with Crippen molar-refractivity contribution in [2.75, 3.05) is 47.1 Å². The lowest BCUT2D eigenvalue weighted by Crippen LogP contribution is -2.49. The zero-order valence-electron chi connectivity index (χ0n) is 10.5. The lowest BCUT2D eigenvalue weighted by atomic mass is 10.1.